The molecule has 0 spiro atoms. The molecule has 1 aliphatic rings. The molecule has 1 aliphatic heterocycles. The van der Waals surface area contributed by atoms with E-state index in [1.165, 1.54) is 0 Å². The van der Waals surface area contributed by atoms with Crippen molar-refractivity contribution in [1.29, 1.82) is 0 Å². The maximum absolute atomic E-state index is 13.4. The molecule has 37 heavy (non-hydrogen) atoms. The van der Waals surface area contributed by atoms with Crippen molar-refractivity contribution in [3.63, 3.8) is 0 Å². The molecule has 4 heterocycles. The molecule has 0 saturated carbocycles. The molecule has 4 aromatic rings. The number of aromatic nitrogens is 5. The lowest BCUT2D eigenvalue weighted by Crippen LogP contribution is -2.25. The van der Waals surface area contributed by atoms with E-state index in [4.69, 9.17) is 4.98 Å². The Hall–Kier alpha value is -3.85. The Morgan fingerprint density at radius 1 is 1.16 bits per heavy atom. The van der Waals surface area contributed by atoms with Gasteiger partial charge >= 0.3 is 0 Å². The highest BCUT2D eigenvalue weighted by atomic mass is 16.1. The number of hydrogen-bond donors (Lipinski definition) is 2. The maximum atomic E-state index is 13.4. The minimum Gasteiger partial charge on any atom is -0.324 e. The van der Waals surface area contributed by atoms with Crippen LogP contribution in [0.2, 0.25) is 0 Å². The average molecular weight is 500 g/mol. The average Bonchev–Trinajstić information content (AvgIpc) is 3.15. The summed E-state index contributed by atoms with van der Waals surface area (Å²) in [5.41, 5.74) is 5.58. The molecule has 5 rings (SSSR count). The number of anilines is 2. The first-order chi connectivity index (χ1) is 17.5. The minimum absolute atomic E-state index is 0.0233. The zero-order chi connectivity index (χ0) is 26.5. The van der Waals surface area contributed by atoms with E-state index < -0.39 is 0 Å². The lowest BCUT2D eigenvalue weighted by atomic mass is 9.91. The third-order valence-corrected chi connectivity index (χ3v) is 6.72. The van der Waals surface area contributed by atoms with Crippen LogP contribution in [-0.4, -0.2) is 36.6 Å². The normalized spacial score (nSPS) is 13.7. The molecule has 9 nitrogen and oxygen atoms in total. The summed E-state index contributed by atoms with van der Waals surface area (Å²) in [7, 11) is 0. The topological polar surface area (TPSA) is 107 Å². The third kappa shape index (κ3) is 4.55. The summed E-state index contributed by atoms with van der Waals surface area (Å²) >= 11 is 0. The highest BCUT2D eigenvalue weighted by Crippen LogP contribution is 2.28. The summed E-state index contributed by atoms with van der Waals surface area (Å²) in [4.78, 5) is 39.5. The van der Waals surface area contributed by atoms with E-state index in [0.29, 0.717) is 29.1 Å². The number of carbonyl (C=O) groups excluding carboxylic acids is 1. The molecule has 9 heteroatoms. The molecule has 0 saturated heterocycles. The van der Waals surface area contributed by atoms with Crippen LogP contribution in [0.25, 0.3) is 16.7 Å². The molecular weight excluding hydrogens is 466 g/mol. The second-order valence-corrected chi connectivity index (χ2v) is 10.9. The highest BCUT2D eigenvalue weighted by Gasteiger charge is 2.22. The van der Waals surface area contributed by atoms with Crippen LogP contribution in [0.1, 0.15) is 74.8 Å². The number of ketones is 1. The summed E-state index contributed by atoms with van der Waals surface area (Å²) in [6, 6.07) is 7.70. The Morgan fingerprint density at radius 2 is 1.95 bits per heavy atom. The Labute approximate surface area is 215 Å². The van der Waals surface area contributed by atoms with Crippen molar-refractivity contribution in [3.05, 3.63) is 69.4 Å². The first-order valence-corrected chi connectivity index (χ1v) is 12.7. The molecule has 0 bridgehead atoms. The van der Waals surface area contributed by atoms with Crippen LogP contribution in [0.3, 0.4) is 0 Å². The van der Waals surface area contributed by atoms with Gasteiger partial charge in [-0.25, -0.2) is 14.3 Å². The van der Waals surface area contributed by atoms with Crippen molar-refractivity contribution >= 4 is 28.5 Å². The summed E-state index contributed by atoms with van der Waals surface area (Å²) in [5.74, 6) is 0.380. The van der Waals surface area contributed by atoms with Crippen molar-refractivity contribution in [1.82, 2.24) is 29.6 Å². The SMILES string of the molecule is CC(=O)c1cc(Nc2ncc3c(=O)n(C(C)C)n(-c4ccnc(C(C)(C)C)c4)c3n2)cc2c1CNCC2. The molecule has 2 N–H and O–H groups in total. The lowest BCUT2D eigenvalue weighted by Gasteiger charge is -2.21. The monoisotopic (exact) mass is 499 g/mol. The second kappa shape index (κ2) is 9.23. The van der Waals surface area contributed by atoms with Crippen molar-refractivity contribution in [2.75, 3.05) is 11.9 Å². The molecule has 0 radical (unpaired) electrons. The van der Waals surface area contributed by atoms with Crippen molar-refractivity contribution in [2.24, 2.45) is 0 Å². The summed E-state index contributed by atoms with van der Waals surface area (Å²) < 4.78 is 3.55. The van der Waals surface area contributed by atoms with Gasteiger partial charge < -0.3 is 10.6 Å². The van der Waals surface area contributed by atoms with Gasteiger partial charge in [0.2, 0.25) is 5.95 Å². The smallest absolute Gasteiger partial charge is 0.278 e. The number of nitrogens with zero attached hydrogens (tertiary/aromatic N) is 5. The van der Waals surface area contributed by atoms with Gasteiger partial charge in [0.05, 0.1) is 5.69 Å². The Balaban J connectivity index is 1.65. The number of carbonyl (C=O) groups is 1. The van der Waals surface area contributed by atoms with Crippen molar-refractivity contribution < 1.29 is 4.79 Å². The molecule has 0 amide bonds. The largest absolute Gasteiger partial charge is 0.324 e. The van der Waals surface area contributed by atoms with E-state index in [1.807, 2.05) is 36.7 Å². The quantitative estimate of drug-likeness (QED) is 0.391. The first-order valence-electron chi connectivity index (χ1n) is 12.7. The fourth-order valence-electron chi connectivity index (χ4n) is 4.85. The van der Waals surface area contributed by atoms with Crippen LogP contribution in [0.4, 0.5) is 11.6 Å². The van der Waals surface area contributed by atoms with Crippen molar-refractivity contribution in [2.45, 2.75) is 66.0 Å². The van der Waals surface area contributed by atoms with E-state index in [0.717, 1.165) is 41.2 Å². The van der Waals surface area contributed by atoms with E-state index in [1.54, 1.807) is 24.0 Å². The van der Waals surface area contributed by atoms with Gasteiger partial charge in [0, 0.05) is 47.3 Å². The zero-order valence-electron chi connectivity index (χ0n) is 22.2. The van der Waals surface area contributed by atoms with E-state index in [9.17, 15) is 9.59 Å². The highest BCUT2D eigenvalue weighted by molar-refractivity contribution is 5.97. The summed E-state index contributed by atoms with van der Waals surface area (Å²) in [6.45, 7) is 13.4. The van der Waals surface area contributed by atoms with Gasteiger partial charge in [-0.15, -0.1) is 0 Å². The van der Waals surface area contributed by atoms with Crippen LogP contribution in [0.5, 0.6) is 0 Å². The third-order valence-electron chi connectivity index (χ3n) is 6.72. The van der Waals surface area contributed by atoms with Gasteiger partial charge in [0.1, 0.15) is 5.39 Å². The number of hydrogen-bond acceptors (Lipinski definition) is 7. The molecule has 0 fully saturated rings. The second-order valence-electron chi connectivity index (χ2n) is 10.9. The number of benzene rings is 1. The van der Waals surface area contributed by atoms with E-state index in [-0.39, 0.29) is 22.8 Å². The van der Waals surface area contributed by atoms with Gasteiger partial charge in [-0.05, 0) is 69.1 Å². The number of fused-ring (bicyclic) bond motifs is 2. The molecule has 192 valence electrons. The number of Topliss-reactive ketones (excluding diaryl/α,β-unsaturated/α-hetero) is 1. The van der Waals surface area contributed by atoms with Crippen LogP contribution < -0.4 is 16.2 Å². The van der Waals surface area contributed by atoms with Crippen LogP contribution in [-0.2, 0) is 18.4 Å². The van der Waals surface area contributed by atoms with Gasteiger partial charge in [-0.2, -0.15) is 4.98 Å². The van der Waals surface area contributed by atoms with Crippen LogP contribution in [0, 0.1) is 0 Å². The Morgan fingerprint density at radius 3 is 2.65 bits per heavy atom. The fraction of sp³-hybridized carbons (Fsp3) is 0.393. The Kier molecular flexibility index (Phi) is 6.19. The van der Waals surface area contributed by atoms with Gasteiger partial charge in [0.25, 0.3) is 5.56 Å². The molecule has 3 aromatic heterocycles. The van der Waals surface area contributed by atoms with Gasteiger partial charge in [0.15, 0.2) is 11.4 Å². The standard InChI is InChI=1S/C28H33N7O2/c1-16(2)34-26(37)23-15-31-27(32-19-11-18-7-9-29-14-22(18)21(12-19)17(3)36)33-25(23)35(34)20-8-10-30-24(13-20)28(4,5)6/h8,10-13,15-16,29H,7,9,14H2,1-6H3,(H,31,32,33). The number of pyridine rings is 1. The maximum Gasteiger partial charge on any atom is 0.278 e. The van der Waals surface area contributed by atoms with E-state index in [2.05, 4.69) is 47.4 Å². The molecule has 1 aromatic carbocycles. The minimum atomic E-state index is -0.153. The van der Waals surface area contributed by atoms with Crippen LogP contribution in [0.15, 0.2) is 41.5 Å². The molecular formula is C28H33N7O2. The van der Waals surface area contributed by atoms with Gasteiger partial charge in [-0.1, -0.05) is 20.8 Å². The summed E-state index contributed by atoms with van der Waals surface area (Å²) in [6.07, 6.45) is 4.19. The zero-order valence-corrected chi connectivity index (χ0v) is 22.2. The van der Waals surface area contributed by atoms with Crippen LogP contribution >= 0.6 is 0 Å². The van der Waals surface area contributed by atoms with Crippen molar-refractivity contribution in [3.8, 4) is 5.69 Å². The Bertz CT molecular complexity index is 1570. The molecule has 0 aliphatic carbocycles. The number of rotatable bonds is 5. The fourth-order valence-corrected chi connectivity index (χ4v) is 4.85. The summed E-state index contributed by atoms with van der Waals surface area (Å²) in [5, 5.41) is 7.06. The van der Waals surface area contributed by atoms with Gasteiger partial charge in [-0.3, -0.25) is 14.6 Å². The first kappa shape index (κ1) is 24.8. The molecule has 0 atom stereocenters. The lowest BCUT2D eigenvalue weighted by molar-refractivity contribution is 0.101. The predicted octanol–water partition coefficient (Wildman–Crippen LogP) is 4.45. The number of nitrogens with one attached hydrogen (secondary N) is 2. The molecule has 0 unspecified atom stereocenters. The predicted molar refractivity (Wildman–Crippen MR) is 145 cm³/mol. The van der Waals surface area contributed by atoms with E-state index >= 15 is 0 Å².